The minimum absolute atomic E-state index is 0.0633. The Bertz CT molecular complexity index is 1170. The first-order chi connectivity index (χ1) is 15.8. The van der Waals surface area contributed by atoms with Crippen LogP contribution in [0.25, 0.3) is 6.08 Å². The SMILES string of the molecule is COc1cc(/C=C/C(=O)Nc2c(C)cccc2C(C)C)cc(Br)c1OCc1ccccc1F. The Balaban J connectivity index is 1.76. The molecule has 3 rings (SSSR count). The molecule has 0 heterocycles. The summed E-state index contributed by atoms with van der Waals surface area (Å²) in [5.74, 6) is 0.681. The van der Waals surface area contributed by atoms with Crippen molar-refractivity contribution >= 4 is 33.6 Å². The van der Waals surface area contributed by atoms with Gasteiger partial charge in [-0.25, -0.2) is 4.39 Å². The lowest BCUT2D eigenvalue weighted by molar-refractivity contribution is -0.111. The fraction of sp³-hybridized carbons (Fsp3) is 0.222. The second-order valence-electron chi connectivity index (χ2n) is 7.93. The number of rotatable bonds is 8. The van der Waals surface area contributed by atoms with Gasteiger partial charge >= 0.3 is 0 Å². The maximum atomic E-state index is 13.9. The molecule has 0 atom stereocenters. The van der Waals surface area contributed by atoms with Gasteiger partial charge in [0.1, 0.15) is 12.4 Å². The Morgan fingerprint density at radius 1 is 1.15 bits per heavy atom. The number of aryl methyl sites for hydroxylation is 1. The van der Waals surface area contributed by atoms with Crippen LogP contribution >= 0.6 is 15.9 Å². The number of para-hydroxylation sites is 1. The van der Waals surface area contributed by atoms with Gasteiger partial charge in [0, 0.05) is 17.3 Å². The van der Waals surface area contributed by atoms with E-state index in [1.165, 1.54) is 19.3 Å². The second kappa shape index (κ2) is 11.1. The van der Waals surface area contributed by atoms with Gasteiger partial charge in [0.25, 0.3) is 0 Å². The molecule has 3 aromatic rings. The summed E-state index contributed by atoms with van der Waals surface area (Å²) in [7, 11) is 1.53. The van der Waals surface area contributed by atoms with Crippen LogP contribution in [0, 0.1) is 12.7 Å². The van der Waals surface area contributed by atoms with Crippen LogP contribution in [0.1, 0.15) is 42.0 Å². The molecule has 0 radical (unpaired) electrons. The summed E-state index contributed by atoms with van der Waals surface area (Å²) in [6.07, 6.45) is 3.19. The molecule has 0 spiro atoms. The molecule has 0 aliphatic carbocycles. The zero-order valence-electron chi connectivity index (χ0n) is 19.1. The van der Waals surface area contributed by atoms with Crippen LogP contribution in [0.4, 0.5) is 10.1 Å². The number of amides is 1. The first kappa shape index (κ1) is 24.5. The van der Waals surface area contributed by atoms with E-state index in [4.69, 9.17) is 9.47 Å². The Hall–Kier alpha value is -3.12. The van der Waals surface area contributed by atoms with E-state index < -0.39 is 0 Å². The fourth-order valence-electron chi connectivity index (χ4n) is 3.42. The minimum atomic E-state index is -0.326. The molecule has 1 N–H and O–H groups in total. The average Bonchev–Trinajstić information content (AvgIpc) is 2.78. The minimum Gasteiger partial charge on any atom is -0.493 e. The van der Waals surface area contributed by atoms with Crippen molar-refractivity contribution in [3.05, 3.63) is 93.2 Å². The molecule has 3 aromatic carbocycles. The Labute approximate surface area is 202 Å². The molecule has 33 heavy (non-hydrogen) atoms. The van der Waals surface area contributed by atoms with Crippen molar-refractivity contribution in [3.8, 4) is 11.5 Å². The zero-order valence-corrected chi connectivity index (χ0v) is 20.7. The summed E-state index contributed by atoms with van der Waals surface area (Å²) in [5, 5.41) is 3.00. The number of benzene rings is 3. The van der Waals surface area contributed by atoms with Crippen LogP contribution in [0.15, 0.2) is 65.1 Å². The molecular formula is C27H27BrFNO3. The summed E-state index contributed by atoms with van der Waals surface area (Å²) in [4.78, 5) is 12.6. The number of hydrogen-bond acceptors (Lipinski definition) is 3. The predicted octanol–water partition coefficient (Wildman–Crippen LogP) is 7.26. The molecule has 0 aliphatic heterocycles. The molecule has 6 heteroatoms. The topological polar surface area (TPSA) is 47.6 Å². The maximum absolute atomic E-state index is 13.9. The first-order valence-electron chi connectivity index (χ1n) is 10.6. The van der Waals surface area contributed by atoms with E-state index in [9.17, 15) is 9.18 Å². The van der Waals surface area contributed by atoms with Crippen molar-refractivity contribution in [1.29, 1.82) is 0 Å². The monoisotopic (exact) mass is 511 g/mol. The molecule has 0 aliphatic rings. The van der Waals surface area contributed by atoms with Crippen LogP contribution in [-0.2, 0) is 11.4 Å². The van der Waals surface area contributed by atoms with Gasteiger partial charge in [0.05, 0.1) is 11.6 Å². The molecule has 0 bridgehead atoms. The molecule has 0 saturated heterocycles. The number of ether oxygens (including phenoxy) is 2. The summed E-state index contributed by atoms with van der Waals surface area (Å²) in [5.41, 5.74) is 4.16. The van der Waals surface area contributed by atoms with Gasteiger partial charge in [-0.15, -0.1) is 0 Å². The number of hydrogen-bond donors (Lipinski definition) is 1. The Kier molecular flexibility index (Phi) is 8.28. The van der Waals surface area contributed by atoms with Crippen LogP contribution < -0.4 is 14.8 Å². The van der Waals surface area contributed by atoms with Crippen molar-refractivity contribution in [3.63, 3.8) is 0 Å². The summed E-state index contributed by atoms with van der Waals surface area (Å²) in [6, 6.07) is 16.0. The summed E-state index contributed by atoms with van der Waals surface area (Å²) < 4.78 is 25.8. The lowest BCUT2D eigenvalue weighted by Gasteiger charge is -2.15. The van der Waals surface area contributed by atoms with Crippen molar-refractivity contribution in [2.45, 2.75) is 33.3 Å². The number of carbonyl (C=O) groups is 1. The predicted molar refractivity (Wildman–Crippen MR) is 134 cm³/mol. The molecule has 0 unspecified atom stereocenters. The van der Waals surface area contributed by atoms with E-state index in [1.54, 1.807) is 30.3 Å². The van der Waals surface area contributed by atoms with E-state index in [-0.39, 0.29) is 18.3 Å². The van der Waals surface area contributed by atoms with Gasteiger partial charge in [-0.05, 0) is 69.7 Å². The molecular weight excluding hydrogens is 485 g/mol. The van der Waals surface area contributed by atoms with Crippen molar-refractivity contribution in [1.82, 2.24) is 0 Å². The van der Waals surface area contributed by atoms with E-state index in [2.05, 4.69) is 35.1 Å². The highest BCUT2D eigenvalue weighted by atomic mass is 79.9. The molecule has 0 saturated carbocycles. The highest BCUT2D eigenvalue weighted by Crippen LogP contribution is 2.37. The number of methoxy groups -OCH3 is 1. The van der Waals surface area contributed by atoms with E-state index >= 15 is 0 Å². The Morgan fingerprint density at radius 2 is 1.91 bits per heavy atom. The Morgan fingerprint density at radius 3 is 2.61 bits per heavy atom. The van der Waals surface area contributed by atoms with Crippen LogP contribution in [0.3, 0.4) is 0 Å². The molecule has 0 aromatic heterocycles. The third-order valence-electron chi connectivity index (χ3n) is 5.18. The fourth-order valence-corrected chi connectivity index (χ4v) is 3.99. The van der Waals surface area contributed by atoms with Crippen molar-refractivity contribution < 1.29 is 18.7 Å². The highest BCUT2D eigenvalue weighted by Gasteiger charge is 2.13. The molecule has 0 fully saturated rings. The largest absolute Gasteiger partial charge is 0.493 e. The summed E-state index contributed by atoms with van der Waals surface area (Å²) in [6.45, 7) is 6.24. The number of nitrogens with one attached hydrogen (secondary N) is 1. The smallest absolute Gasteiger partial charge is 0.248 e. The van der Waals surface area contributed by atoms with E-state index in [0.29, 0.717) is 27.5 Å². The maximum Gasteiger partial charge on any atom is 0.248 e. The third kappa shape index (κ3) is 6.23. The van der Waals surface area contributed by atoms with Gasteiger partial charge in [-0.1, -0.05) is 50.2 Å². The van der Waals surface area contributed by atoms with Gasteiger partial charge < -0.3 is 14.8 Å². The second-order valence-corrected chi connectivity index (χ2v) is 8.78. The lowest BCUT2D eigenvalue weighted by atomic mass is 9.98. The highest BCUT2D eigenvalue weighted by molar-refractivity contribution is 9.10. The number of halogens is 2. The normalized spacial score (nSPS) is 11.1. The molecule has 1 amide bonds. The van der Waals surface area contributed by atoms with Crippen LogP contribution in [0.5, 0.6) is 11.5 Å². The summed E-state index contributed by atoms with van der Waals surface area (Å²) >= 11 is 3.49. The van der Waals surface area contributed by atoms with Crippen molar-refractivity contribution in [2.24, 2.45) is 0 Å². The van der Waals surface area contributed by atoms with E-state index in [1.807, 2.05) is 31.2 Å². The average molecular weight is 512 g/mol. The number of anilines is 1. The van der Waals surface area contributed by atoms with Crippen LogP contribution in [-0.4, -0.2) is 13.0 Å². The standard InChI is InChI=1S/C27H27BrFNO3/c1-17(2)21-10-7-8-18(3)26(21)30-25(31)13-12-19-14-22(28)27(24(15-19)32-4)33-16-20-9-5-6-11-23(20)29/h5-15,17H,16H2,1-4H3,(H,30,31)/b13-12+. The quantitative estimate of drug-likeness (QED) is 0.323. The lowest BCUT2D eigenvalue weighted by Crippen LogP contribution is -2.11. The van der Waals surface area contributed by atoms with Crippen LogP contribution in [0.2, 0.25) is 0 Å². The van der Waals surface area contributed by atoms with Gasteiger partial charge in [-0.3, -0.25) is 4.79 Å². The van der Waals surface area contributed by atoms with E-state index in [0.717, 1.165) is 22.4 Å². The van der Waals surface area contributed by atoms with Crippen molar-refractivity contribution in [2.75, 3.05) is 12.4 Å². The molecule has 4 nitrogen and oxygen atoms in total. The zero-order chi connectivity index (χ0) is 24.0. The van der Waals surface area contributed by atoms with Gasteiger partial charge in [-0.2, -0.15) is 0 Å². The third-order valence-corrected chi connectivity index (χ3v) is 5.77. The van der Waals surface area contributed by atoms with Gasteiger partial charge in [0.2, 0.25) is 5.91 Å². The number of carbonyl (C=O) groups excluding carboxylic acids is 1. The molecule has 172 valence electrons. The van der Waals surface area contributed by atoms with Gasteiger partial charge in [0.15, 0.2) is 11.5 Å². The first-order valence-corrected chi connectivity index (χ1v) is 11.4.